The summed E-state index contributed by atoms with van der Waals surface area (Å²) in [4.78, 5) is 12.7. The Morgan fingerprint density at radius 1 is 1.24 bits per heavy atom. The van der Waals surface area contributed by atoms with E-state index in [9.17, 15) is 9.90 Å². The first-order valence-electron chi connectivity index (χ1n) is 5.36. The number of anilines is 1. The van der Waals surface area contributed by atoms with E-state index in [-0.39, 0.29) is 11.5 Å². The average Bonchev–Trinajstić information content (AvgIpc) is 2.26. The first-order valence-corrected chi connectivity index (χ1v) is 5.36. The van der Waals surface area contributed by atoms with Gasteiger partial charge in [0.25, 0.3) is 0 Å². The average molecular weight is 231 g/mol. The van der Waals surface area contributed by atoms with Crippen LogP contribution in [-0.2, 0) is 4.79 Å². The molecule has 1 aromatic rings. The van der Waals surface area contributed by atoms with Crippen LogP contribution in [0.1, 0.15) is 12.5 Å². The molecule has 0 atom stereocenters. The van der Waals surface area contributed by atoms with Crippen LogP contribution in [0.5, 0.6) is 0 Å². The van der Waals surface area contributed by atoms with E-state index in [2.05, 4.69) is 0 Å². The van der Waals surface area contributed by atoms with Crippen LogP contribution >= 0.6 is 0 Å². The summed E-state index contributed by atoms with van der Waals surface area (Å²) in [7, 11) is 3.96. The molecular formula is C14H17NO2. The van der Waals surface area contributed by atoms with Crippen molar-refractivity contribution in [1.29, 1.82) is 0 Å². The molecule has 0 radical (unpaired) electrons. The third kappa shape index (κ3) is 4.55. The van der Waals surface area contributed by atoms with Crippen molar-refractivity contribution in [2.75, 3.05) is 19.0 Å². The summed E-state index contributed by atoms with van der Waals surface area (Å²) < 4.78 is 0. The van der Waals surface area contributed by atoms with Gasteiger partial charge in [-0.2, -0.15) is 0 Å². The highest BCUT2D eigenvalue weighted by Crippen LogP contribution is 2.13. The molecule has 0 amide bonds. The van der Waals surface area contributed by atoms with Crippen LogP contribution in [0.3, 0.4) is 0 Å². The smallest absolute Gasteiger partial charge is 0.156 e. The van der Waals surface area contributed by atoms with Crippen LogP contribution in [0.4, 0.5) is 5.69 Å². The SMILES string of the molecule is CC(=O)/C=C(O)/C=C/c1ccc(N(C)C)cc1. The number of aliphatic hydroxyl groups is 1. The first-order chi connectivity index (χ1) is 7.99. The minimum atomic E-state index is -0.171. The second kappa shape index (κ2) is 5.89. The van der Waals surface area contributed by atoms with Crippen molar-refractivity contribution in [3.8, 4) is 0 Å². The number of rotatable bonds is 4. The van der Waals surface area contributed by atoms with E-state index in [0.29, 0.717) is 0 Å². The maximum Gasteiger partial charge on any atom is 0.156 e. The lowest BCUT2D eigenvalue weighted by atomic mass is 10.2. The third-order valence-corrected chi connectivity index (χ3v) is 2.21. The van der Waals surface area contributed by atoms with Crippen molar-refractivity contribution in [2.24, 2.45) is 0 Å². The zero-order valence-electron chi connectivity index (χ0n) is 10.3. The van der Waals surface area contributed by atoms with Crippen LogP contribution in [0.25, 0.3) is 6.08 Å². The summed E-state index contributed by atoms with van der Waals surface area (Å²) in [5, 5.41) is 9.37. The predicted molar refractivity (Wildman–Crippen MR) is 71.2 cm³/mol. The van der Waals surface area contributed by atoms with Gasteiger partial charge >= 0.3 is 0 Å². The molecule has 0 spiro atoms. The molecular weight excluding hydrogens is 214 g/mol. The topological polar surface area (TPSA) is 40.5 Å². The van der Waals surface area contributed by atoms with Crippen molar-refractivity contribution in [3.63, 3.8) is 0 Å². The molecule has 1 N–H and O–H groups in total. The molecule has 0 unspecified atom stereocenters. The van der Waals surface area contributed by atoms with Gasteiger partial charge < -0.3 is 10.0 Å². The van der Waals surface area contributed by atoms with E-state index < -0.39 is 0 Å². The summed E-state index contributed by atoms with van der Waals surface area (Å²) in [6.45, 7) is 1.40. The number of hydrogen-bond donors (Lipinski definition) is 1. The quantitative estimate of drug-likeness (QED) is 0.492. The number of benzene rings is 1. The molecule has 0 aromatic heterocycles. The van der Waals surface area contributed by atoms with Crippen molar-refractivity contribution in [2.45, 2.75) is 6.92 Å². The third-order valence-electron chi connectivity index (χ3n) is 2.21. The maximum atomic E-state index is 10.7. The van der Waals surface area contributed by atoms with E-state index in [4.69, 9.17) is 0 Å². The summed E-state index contributed by atoms with van der Waals surface area (Å²) in [5.41, 5.74) is 2.09. The highest BCUT2D eigenvalue weighted by atomic mass is 16.3. The Balaban J connectivity index is 2.76. The number of carbonyl (C=O) groups is 1. The second-order valence-corrected chi connectivity index (χ2v) is 4.00. The van der Waals surface area contributed by atoms with Crippen molar-refractivity contribution < 1.29 is 9.90 Å². The number of nitrogens with zero attached hydrogens (tertiary/aromatic N) is 1. The lowest BCUT2D eigenvalue weighted by Crippen LogP contribution is -2.07. The molecule has 90 valence electrons. The minimum Gasteiger partial charge on any atom is -0.508 e. The summed E-state index contributed by atoms with van der Waals surface area (Å²) in [6.07, 6.45) is 4.45. The Hall–Kier alpha value is -2.03. The first kappa shape index (κ1) is 13.0. The van der Waals surface area contributed by atoms with Gasteiger partial charge in [0.05, 0.1) is 0 Å². The molecule has 0 heterocycles. The monoisotopic (exact) mass is 231 g/mol. The normalized spacial score (nSPS) is 11.8. The van der Waals surface area contributed by atoms with Gasteiger partial charge in [0, 0.05) is 25.9 Å². The number of carbonyl (C=O) groups excluding carboxylic acids is 1. The van der Waals surface area contributed by atoms with E-state index in [1.54, 1.807) is 6.08 Å². The molecule has 3 heteroatoms. The molecule has 0 fully saturated rings. The van der Waals surface area contributed by atoms with Crippen LogP contribution in [0.15, 0.2) is 42.2 Å². The fourth-order valence-corrected chi connectivity index (χ4v) is 1.32. The minimum absolute atomic E-state index is 0.0332. The van der Waals surface area contributed by atoms with Crippen molar-refractivity contribution in [1.82, 2.24) is 0 Å². The Kier molecular flexibility index (Phi) is 4.52. The van der Waals surface area contributed by atoms with E-state index in [1.807, 2.05) is 43.3 Å². The van der Waals surface area contributed by atoms with Crippen LogP contribution in [-0.4, -0.2) is 25.0 Å². The van der Waals surface area contributed by atoms with E-state index >= 15 is 0 Å². The summed E-state index contributed by atoms with van der Waals surface area (Å²) >= 11 is 0. The molecule has 0 saturated carbocycles. The Morgan fingerprint density at radius 3 is 2.29 bits per heavy atom. The maximum absolute atomic E-state index is 10.7. The molecule has 17 heavy (non-hydrogen) atoms. The summed E-state index contributed by atoms with van der Waals surface area (Å²) in [5.74, 6) is -0.204. The summed E-state index contributed by atoms with van der Waals surface area (Å²) in [6, 6.07) is 7.89. The predicted octanol–water partition coefficient (Wildman–Crippen LogP) is 2.80. The largest absolute Gasteiger partial charge is 0.508 e. The number of ketones is 1. The lowest BCUT2D eigenvalue weighted by molar-refractivity contribution is -0.112. The van der Waals surface area contributed by atoms with Crippen LogP contribution in [0, 0.1) is 0 Å². The number of allylic oxidation sites excluding steroid dienone is 2. The fraction of sp³-hybridized carbons (Fsp3) is 0.214. The number of aliphatic hydroxyl groups excluding tert-OH is 1. The van der Waals surface area contributed by atoms with Crippen LogP contribution in [0.2, 0.25) is 0 Å². The van der Waals surface area contributed by atoms with Crippen LogP contribution < -0.4 is 4.90 Å². The molecule has 0 bridgehead atoms. The number of hydrogen-bond acceptors (Lipinski definition) is 3. The van der Waals surface area contributed by atoms with Gasteiger partial charge in [0.1, 0.15) is 5.76 Å². The molecule has 1 rings (SSSR count). The molecule has 0 aliphatic heterocycles. The standard InChI is InChI=1S/C14H17NO2/c1-11(16)10-14(17)9-6-12-4-7-13(8-5-12)15(2)3/h4-10,17H,1-3H3/b9-6+,14-10-. The van der Waals surface area contributed by atoms with Crippen molar-refractivity contribution in [3.05, 3.63) is 47.7 Å². The molecule has 1 aromatic carbocycles. The highest BCUT2D eigenvalue weighted by Gasteiger charge is 1.94. The Bertz CT molecular complexity index is 442. The molecule has 0 aliphatic rings. The molecule has 0 aliphatic carbocycles. The van der Waals surface area contributed by atoms with Gasteiger partial charge in [0.2, 0.25) is 0 Å². The van der Waals surface area contributed by atoms with Gasteiger partial charge in [0.15, 0.2) is 5.78 Å². The lowest BCUT2D eigenvalue weighted by Gasteiger charge is -2.11. The van der Waals surface area contributed by atoms with Gasteiger partial charge in [-0.1, -0.05) is 18.2 Å². The molecule has 3 nitrogen and oxygen atoms in total. The van der Waals surface area contributed by atoms with Gasteiger partial charge in [-0.05, 0) is 30.7 Å². The van der Waals surface area contributed by atoms with Crippen molar-refractivity contribution >= 4 is 17.5 Å². The Morgan fingerprint density at radius 2 is 1.82 bits per heavy atom. The van der Waals surface area contributed by atoms with Gasteiger partial charge in [-0.3, -0.25) is 4.79 Å². The van der Waals surface area contributed by atoms with Gasteiger partial charge in [-0.25, -0.2) is 0 Å². The van der Waals surface area contributed by atoms with E-state index in [1.165, 1.54) is 19.1 Å². The molecule has 0 saturated heterocycles. The zero-order chi connectivity index (χ0) is 12.8. The zero-order valence-corrected chi connectivity index (χ0v) is 10.3. The fourth-order valence-electron chi connectivity index (χ4n) is 1.32. The van der Waals surface area contributed by atoms with Gasteiger partial charge in [-0.15, -0.1) is 0 Å². The Labute approximate surface area is 102 Å². The van der Waals surface area contributed by atoms with E-state index in [0.717, 1.165) is 11.3 Å². The second-order valence-electron chi connectivity index (χ2n) is 4.00. The highest BCUT2D eigenvalue weighted by molar-refractivity contribution is 5.88.